The summed E-state index contributed by atoms with van der Waals surface area (Å²) in [6.45, 7) is 6.53. The Labute approximate surface area is 154 Å². The van der Waals surface area contributed by atoms with E-state index in [1.807, 2.05) is 48.5 Å². The van der Waals surface area contributed by atoms with Gasteiger partial charge in [0.05, 0.1) is 11.6 Å². The van der Waals surface area contributed by atoms with Crippen LogP contribution in [0.4, 0.5) is 0 Å². The van der Waals surface area contributed by atoms with Crippen molar-refractivity contribution >= 4 is 11.6 Å². The Morgan fingerprint density at radius 2 is 1.64 bits per heavy atom. The summed E-state index contributed by atoms with van der Waals surface area (Å²) < 4.78 is 5.77. The van der Waals surface area contributed by atoms with E-state index in [0.29, 0.717) is 6.61 Å². The molecule has 2 aromatic rings. The van der Waals surface area contributed by atoms with Gasteiger partial charge in [-0.05, 0) is 35.9 Å². The first-order valence-corrected chi connectivity index (χ1v) is 8.93. The molecule has 3 rings (SSSR count). The van der Waals surface area contributed by atoms with E-state index >= 15 is 0 Å². The van der Waals surface area contributed by atoms with Gasteiger partial charge in [0.2, 0.25) is 0 Å². The highest BCUT2D eigenvalue weighted by Gasteiger charge is 2.17. The molecular weight excluding hydrogens is 334 g/mol. The van der Waals surface area contributed by atoms with Crippen LogP contribution in [-0.4, -0.2) is 49.1 Å². The van der Waals surface area contributed by atoms with Crippen LogP contribution in [-0.2, 0) is 6.54 Å². The highest BCUT2D eigenvalue weighted by Crippen LogP contribution is 2.16. The summed E-state index contributed by atoms with van der Waals surface area (Å²) in [7, 11) is 0. The second-order valence-corrected chi connectivity index (χ2v) is 6.63. The van der Waals surface area contributed by atoms with E-state index < -0.39 is 0 Å². The predicted octanol–water partition coefficient (Wildman–Crippen LogP) is 3.41. The number of nitrogens with zero attached hydrogens (tertiary/aromatic N) is 3. The van der Waals surface area contributed by atoms with Crippen LogP contribution in [0.25, 0.3) is 0 Å². The Morgan fingerprint density at radius 1 is 0.960 bits per heavy atom. The standard InChI is InChI=1S/C20H22ClN3O/c21-19-5-7-20(8-6-19)25-14-13-23-9-11-24(12-10-23)16-18-4-2-1-3-17(18)15-22/h1-8H,9-14,16H2. The highest BCUT2D eigenvalue weighted by atomic mass is 35.5. The third kappa shape index (κ3) is 5.20. The third-order valence-electron chi connectivity index (χ3n) is 4.49. The van der Waals surface area contributed by atoms with Gasteiger partial charge in [-0.25, -0.2) is 0 Å². The molecule has 0 radical (unpaired) electrons. The van der Waals surface area contributed by atoms with Gasteiger partial charge in [-0.3, -0.25) is 9.80 Å². The molecule has 5 heteroatoms. The topological polar surface area (TPSA) is 39.5 Å². The zero-order valence-electron chi connectivity index (χ0n) is 14.2. The first-order chi connectivity index (χ1) is 12.2. The fourth-order valence-corrected chi connectivity index (χ4v) is 3.13. The van der Waals surface area contributed by atoms with Gasteiger partial charge in [-0.15, -0.1) is 0 Å². The molecule has 1 aliphatic rings. The molecule has 0 spiro atoms. The third-order valence-corrected chi connectivity index (χ3v) is 4.74. The van der Waals surface area contributed by atoms with Crippen molar-refractivity contribution in [2.45, 2.75) is 6.54 Å². The molecule has 4 nitrogen and oxygen atoms in total. The molecule has 0 atom stereocenters. The zero-order chi connectivity index (χ0) is 17.5. The Balaban J connectivity index is 1.40. The summed E-state index contributed by atoms with van der Waals surface area (Å²) in [5.74, 6) is 0.858. The first kappa shape index (κ1) is 17.8. The van der Waals surface area contributed by atoms with Crippen molar-refractivity contribution in [2.24, 2.45) is 0 Å². The lowest BCUT2D eigenvalue weighted by molar-refractivity contribution is 0.112. The van der Waals surface area contributed by atoms with E-state index in [1.165, 1.54) is 0 Å². The van der Waals surface area contributed by atoms with Crippen molar-refractivity contribution < 1.29 is 4.74 Å². The first-order valence-electron chi connectivity index (χ1n) is 8.56. The van der Waals surface area contributed by atoms with E-state index in [2.05, 4.69) is 15.9 Å². The van der Waals surface area contributed by atoms with Crippen LogP contribution in [0.2, 0.25) is 5.02 Å². The smallest absolute Gasteiger partial charge is 0.119 e. The van der Waals surface area contributed by atoms with Gasteiger partial charge in [0, 0.05) is 44.3 Å². The molecule has 1 heterocycles. The van der Waals surface area contributed by atoms with Crippen LogP contribution in [0.3, 0.4) is 0 Å². The van der Waals surface area contributed by atoms with E-state index in [1.54, 1.807) is 0 Å². The molecular formula is C20H22ClN3O. The lowest BCUT2D eigenvalue weighted by atomic mass is 10.1. The maximum absolute atomic E-state index is 9.20. The van der Waals surface area contributed by atoms with Gasteiger partial charge in [0.15, 0.2) is 0 Å². The monoisotopic (exact) mass is 355 g/mol. The molecule has 1 aliphatic heterocycles. The fraction of sp³-hybridized carbons (Fsp3) is 0.350. The number of piperazine rings is 1. The van der Waals surface area contributed by atoms with Crippen LogP contribution in [0.1, 0.15) is 11.1 Å². The van der Waals surface area contributed by atoms with Gasteiger partial charge in [0.25, 0.3) is 0 Å². The van der Waals surface area contributed by atoms with Gasteiger partial charge in [0.1, 0.15) is 12.4 Å². The van der Waals surface area contributed by atoms with Crippen molar-refractivity contribution in [1.29, 1.82) is 5.26 Å². The maximum atomic E-state index is 9.20. The van der Waals surface area contributed by atoms with Gasteiger partial charge >= 0.3 is 0 Å². The van der Waals surface area contributed by atoms with E-state index in [-0.39, 0.29) is 0 Å². The minimum atomic E-state index is 0.679. The van der Waals surface area contributed by atoms with Crippen LogP contribution in [0, 0.1) is 11.3 Å². The fourth-order valence-electron chi connectivity index (χ4n) is 3.00. The minimum Gasteiger partial charge on any atom is -0.492 e. The molecule has 0 aromatic heterocycles. The summed E-state index contributed by atoms with van der Waals surface area (Å²) in [6.07, 6.45) is 0. The van der Waals surface area contributed by atoms with Crippen molar-refractivity contribution in [2.75, 3.05) is 39.3 Å². The van der Waals surface area contributed by atoms with E-state index in [0.717, 1.165) is 61.2 Å². The molecule has 25 heavy (non-hydrogen) atoms. The van der Waals surface area contributed by atoms with Gasteiger partial charge in [-0.2, -0.15) is 5.26 Å². The van der Waals surface area contributed by atoms with Crippen molar-refractivity contribution in [3.05, 3.63) is 64.7 Å². The molecule has 0 unspecified atom stereocenters. The number of nitriles is 1. The molecule has 0 aliphatic carbocycles. The average Bonchev–Trinajstić information content (AvgIpc) is 2.65. The normalized spacial score (nSPS) is 15.7. The molecule has 130 valence electrons. The number of ether oxygens (including phenoxy) is 1. The van der Waals surface area contributed by atoms with Gasteiger partial charge in [-0.1, -0.05) is 29.8 Å². The Morgan fingerprint density at radius 3 is 2.36 bits per heavy atom. The Kier molecular flexibility index (Phi) is 6.30. The van der Waals surface area contributed by atoms with Crippen LogP contribution >= 0.6 is 11.6 Å². The Bertz CT molecular complexity index is 718. The molecule has 0 bridgehead atoms. The lowest BCUT2D eigenvalue weighted by Crippen LogP contribution is -2.47. The average molecular weight is 356 g/mol. The number of benzene rings is 2. The number of halogens is 1. The highest BCUT2D eigenvalue weighted by molar-refractivity contribution is 6.30. The van der Waals surface area contributed by atoms with Crippen LogP contribution in [0.5, 0.6) is 5.75 Å². The number of hydrogen-bond acceptors (Lipinski definition) is 4. The number of rotatable bonds is 6. The molecule has 2 aromatic carbocycles. The van der Waals surface area contributed by atoms with E-state index in [9.17, 15) is 5.26 Å². The largest absolute Gasteiger partial charge is 0.492 e. The quantitative estimate of drug-likeness (QED) is 0.796. The molecule has 0 amide bonds. The van der Waals surface area contributed by atoms with Crippen molar-refractivity contribution in [1.82, 2.24) is 9.80 Å². The SMILES string of the molecule is N#Cc1ccccc1CN1CCN(CCOc2ccc(Cl)cc2)CC1. The molecule has 1 fully saturated rings. The Hall–Kier alpha value is -2.06. The maximum Gasteiger partial charge on any atom is 0.119 e. The second kappa shape index (κ2) is 8.87. The second-order valence-electron chi connectivity index (χ2n) is 6.19. The minimum absolute atomic E-state index is 0.679. The van der Waals surface area contributed by atoms with Crippen molar-refractivity contribution in [3.63, 3.8) is 0 Å². The van der Waals surface area contributed by atoms with Gasteiger partial charge < -0.3 is 4.74 Å². The van der Waals surface area contributed by atoms with Crippen molar-refractivity contribution in [3.8, 4) is 11.8 Å². The lowest BCUT2D eigenvalue weighted by Gasteiger charge is -2.34. The summed E-state index contributed by atoms with van der Waals surface area (Å²) in [5, 5.41) is 9.92. The van der Waals surface area contributed by atoms with Crippen LogP contribution in [0.15, 0.2) is 48.5 Å². The number of hydrogen-bond donors (Lipinski definition) is 0. The summed E-state index contributed by atoms with van der Waals surface area (Å²) in [5.41, 5.74) is 1.89. The summed E-state index contributed by atoms with van der Waals surface area (Å²) in [6, 6.07) is 17.6. The summed E-state index contributed by atoms with van der Waals surface area (Å²) in [4.78, 5) is 4.83. The predicted molar refractivity (Wildman–Crippen MR) is 99.8 cm³/mol. The molecule has 0 saturated carbocycles. The molecule has 1 saturated heterocycles. The van der Waals surface area contributed by atoms with E-state index in [4.69, 9.17) is 16.3 Å². The summed E-state index contributed by atoms with van der Waals surface area (Å²) >= 11 is 5.87. The molecule has 0 N–H and O–H groups in total. The van der Waals surface area contributed by atoms with Crippen LogP contribution < -0.4 is 4.74 Å². The zero-order valence-corrected chi connectivity index (χ0v) is 15.0.